The number of nitrogens with zero attached hydrogens (tertiary/aromatic N) is 5. The number of halogens is 1. The Hall–Kier alpha value is -3.23. The van der Waals surface area contributed by atoms with Gasteiger partial charge in [-0.15, -0.1) is 5.10 Å². The molecule has 0 spiro atoms. The highest BCUT2D eigenvalue weighted by molar-refractivity contribution is 5.90. The Bertz CT molecular complexity index is 1040. The number of rotatable bonds is 4. The normalized spacial score (nSPS) is 14.5. The van der Waals surface area contributed by atoms with Gasteiger partial charge in [0.25, 0.3) is 5.78 Å². The van der Waals surface area contributed by atoms with Crippen LogP contribution in [-0.4, -0.2) is 38.2 Å². The van der Waals surface area contributed by atoms with Gasteiger partial charge in [-0.2, -0.15) is 4.98 Å². The molecule has 9 heteroatoms. The van der Waals surface area contributed by atoms with Crippen LogP contribution in [0.25, 0.3) is 5.78 Å². The highest BCUT2D eigenvalue weighted by Gasteiger charge is 2.16. The molecule has 2 aromatic heterocycles. The number of hydrogen-bond donors (Lipinski definition) is 1. The van der Waals surface area contributed by atoms with Crippen molar-refractivity contribution < 1.29 is 9.18 Å². The Balaban J connectivity index is 1.54. The largest absolute Gasteiger partial charge is 0.356 e. The van der Waals surface area contributed by atoms with E-state index in [9.17, 15) is 14.0 Å². The molecule has 1 aliphatic heterocycles. The number of nitrogens with one attached hydrogen (secondary N) is 1. The van der Waals surface area contributed by atoms with E-state index < -0.39 is 17.4 Å². The van der Waals surface area contributed by atoms with Gasteiger partial charge in [0, 0.05) is 25.0 Å². The molecule has 3 heterocycles. The third-order valence-corrected chi connectivity index (χ3v) is 4.52. The second-order valence-corrected chi connectivity index (χ2v) is 6.50. The number of carbonyl (C=O) groups is 1. The van der Waals surface area contributed by atoms with Crippen molar-refractivity contribution in [3.63, 3.8) is 0 Å². The first-order valence-electron chi connectivity index (χ1n) is 8.87. The van der Waals surface area contributed by atoms with Gasteiger partial charge in [0.05, 0.1) is 0 Å². The predicted octanol–water partition coefficient (Wildman–Crippen LogP) is 1.66. The summed E-state index contributed by atoms with van der Waals surface area (Å²) in [5, 5.41) is 6.71. The van der Waals surface area contributed by atoms with Crippen molar-refractivity contribution in [2.45, 2.75) is 25.8 Å². The number of fused-ring (bicyclic) bond motifs is 1. The molecule has 1 aliphatic rings. The van der Waals surface area contributed by atoms with Crippen LogP contribution in [0.2, 0.25) is 0 Å². The Morgan fingerprint density at radius 2 is 2.00 bits per heavy atom. The van der Waals surface area contributed by atoms with Crippen molar-refractivity contribution in [3.8, 4) is 0 Å². The maximum atomic E-state index is 13.2. The first kappa shape index (κ1) is 17.2. The standard InChI is InChI=1S/C18H19FN6O2/c19-13-5-4-6-14(11-13)20-16(26)12-25-18(27)24-10-7-15(21-17(24)22-25)23-8-2-1-3-9-23/h4-7,10-11H,1-3,8-9,12H2,(H,20,26). The molecular weight excluding hydrogens is 351 g/mol. The fourth-order valence-corrected chi connectivity index (χ4v) is 3.20. The third kappa shape index (κ3) is 3.67. The molecule has 0 bridgehead atoms. The van der Waals surface area contributed by atoms with Crippen LogP contribution in [0.5, 0.6) is 0 Å². The van der Waals surface area contributed by atoms with E-state index >= 15 is 0 Å². The summed E-state index contributed by atoms with van der Waals surface area (Å²) in [5.74, 6) is 0.111. The lowest BCUT2D eigenvalue weighted by Gasteiger charge is -2.27. The molecule has 3 aromatic rings. The maximum Gasteiger partial charge on any atom is 0.352 e. The zero-order chi connectivity index (χ0) is 18.8. The quantitative estimate of drug-likeness (QED) is 0.755. The third-order valence-electron chi connectivity index (χ3n) is 4.52. The van der Waals surface area contributed by atoms with Crippen molar-refractivity contribution >= 4 is 23.2 Å². The van der Waals surface area contributed by atoms with Crippen molar-refractivity contribution in [2.75, 3.05) is 23.3 Å². The second-order valence-electron chi connectivity index (χ2n) is 6.50. The molecule has 1 fully saturated rings. The smallest absolute Gasteiger partial charge is 0.352 e. The fourth-order valence-electron chi connectivity index (χ4n) is 3.20. The fraction of sp³-hybridized carbons (Fsp3) is 0.333. The molecule has 1 saturated heterocycles. The Kier molecular flexibility index (Phi) is 4.57. The van der Waals surface area contributed by atoms with Crippen molar-refractivity contribution in [1.82, 2.24) is 19.2 Å². The van der Waals surface area contributed by atoms with E-state index in [1.54, 1.807) is 18.3 Å². The summed E-state index contributed by atoms with van der Waals surface area (Å²) in [4.78, 5) is 31.2. The van der Waals surface area contributed by atoms with Gasteiger partial charge >= 0.3 is 5.69 Å². The van der Waals surface area contributed by atoms with Gasteiger partial charge in [-0.3, -0.25) is 4.79 Å². The summed E-state index contributed by atoms with van der Waals surface area (Å²) in [5.41, 5.74) is -0.126. The van der Waals surface area contributed by atoms with Crippen LogP contribution < -0.4 is 15.9 Å². The predicted molar refractivity (Wildman–Crippen MR) is 98.3 cm³/mol. The molecule has 0 unspecified atom stereocenters. The molecular formula is C18H19FN6O2. The molecule has 27 heavy (non-hydrogen) atoms. The van der Waals surface area contributed by atoms with Crippen LogP contribution in [0.15, 0.2) is 41.3 Å². The lowest BCUT2D eigenvalue weighted by molar-refractivity contribution is -0.117. The van der Waals surface area contributed by atoms with E-state index in [0.29, 0.717) is 5.69 Å². The minimum atomic E-state index is -0.470. The number of amides is 1. The lowest BCUT2D eigenvalue weighted by atomic mass is 10.1. The van der Waals surface area contributed by atoms with Crippen LogP contribution in [0.4, 0.5) is 15.9 Å². The zero-order valence-electron chi connectivity index (χ0n) is 14.6. The number of benzene rings is 1. The van der Waals surface area contributed by atoms with E-state index in [4.69, 9.17) is 0 Å². The minimum absolute atomic E-state index is 0.252. The molecule has 1 aromatic carbocycles. The van der Waals surface area contributed by atoms with Crippen LogP contribution in [0.3, 0.4) is 0 Å². The average molecular weight is 370 g/mol. The molecule has 0 aliphatic carbocycles. The Labute approximate surface area is 154 Å². The van der Waals surface area contributed by atoms with Crippen LogP contribution >= 0.6 is 0 Å². The van der Waals surface area contributed by atoms with Crippen LogP contribution in [-0.2, 0) is 11.3 Å². The zero-order valence-corrected chi connectivity index (χ0v) is 14.6. The monoisotopic (exact) mass is 370 g/mol. The van der Waals surface area contributed by atoms with Gasteiger partial charge in [-0.25, -0.2) is 18.3 Å². The maximum absolute atomic E-state index is 13.2. The number of piperidine rings is 1. The molecule has 8 nitrogen and oxygen atoms in total. The molecule has 1 N–H and O–H groups in total. The number of hydrogen-bond acceptors (Lipinski definition) is 5. The minimum Gasteiger partial charge on any atom is -0.356 e. The highest BCUT2D eigenvalue weighted by Crippen LogP contribution is 2.17. The lowest BCUT2D eigenvalue weighted by Crippen LogP contribution is -2.30. The van der Waals surface area contributed by atoms with Crippen molar-refractivity contribution in [1.29, 1.82) is 0 Å². The van der Waals surface area contributed by atoms with E-state index in [1.165, 1.54) is 29.0 Å². The molecule has 0 atom stereocenters. The highest BCUT2D eigenvalue weighted by atomic mass is 19.1. The summed E-state index contributed by atoms with van der Waals surface area (Å²) >= 11 is 0. The topological polar surface area (TPSA) is 84.5 Å². The van der Waals surface area contributed by atoms with E-state index in [2.05, 4.69) is 20.3 Å². The first-order chi connectivity index (χ1) is 13.1. The van der Waals surface area contributed by atoms with E-state index in [0.717, 1.165) is 36.4 Å². The van der Waals surface area contributed by atoms with E-state index in [-0.39, 0.29) is 12.3 Å². The summed E-state index contributed by atoms with van der Waals surface area (Å²) < 4.78 is 15.6. The first-order valence-corrected chi connectivity index (χ1v) is 8.87. The average Bonchev–Trinajstić information content (AvgIpc) is 2.97. The molecule has 4 rings (SSSR count). The van der Waals surface area contributed by atoms with Gasteiger partial charge in [0.2, 0.25) is 5.91 Å². The summed E-state index contributed by atoms with van der Waals surface area (Å²) in [6, 6.07) is 7.34. The summed E-state index contributed by atoms with van der Waals surface area (Å²) in [6.45, 7) is 1.59. The summed E-state index contributed by atoms with van der Waals surface area (Å²) in [6.07, 6.45) is 5.08. The molecule has 1 amide bonds. The Morgan fingerprint density at radius 1 is 1.19 bits per heavy atom. The van der Waals surface area contributed by atoms with Crippen molar-refractivity contribution in [2.24, 2.45) is 0 Å². The van der Waals surface area contributed by atoms with Crippen LogP contribution in [0, 0.1) is 5.82 Å². The number of anilines is 2. The SMILES string of the molecule is O=C(Cn1nc2nc(N3CCCCC3)ccn2c1=O)Nc1cccc(F)c1. The molecule has 140 valence electrons. The number of aromatic nitrogens is 4. The van der Waals surface area contributed by atoms with Crippen LogP contribution in [0.1, 0.15) is 19.3 Å². The van der Waals surface area contributed by atoms with Gasteiger partial charge in [0.1, 0.15) is 18.2 Å². The van der Waals surface area contributed by atoms with Gasteiger partial charge in [-0.05, 0) is 43.5 Å². The van der Waals surface area contributed by atoms with Gasteiger partial charge in [-0.1, -0.05) is 6.07 Å². The van der Waals surface area contributed by atoms with Gasteiger partial charge < -0.3 is 10.2 Å². The number of carbonyl (C=O) groups excluding carboxylic acids is 1. The second kappa shape index (κ2) is 7.18. The molecule has 0 saturated carbocycles. The summed E-state index contributed by atoms with van der Waals surface area (Å²) in [7, 11) is 0. The Morgan fingerprint density at radius 3 is 2.78 bits per heavy atom. The van der Waals surface area contributed by atoms with E-state index in [1.807, 2.05) is 0 Å². The van der Waals surface area contributed by atoms with Crippen molar-refractivity contribution in [3.05, 3.63) is 52.8 Å². The molecule has 0 radical (unpaired) electrons. The van der Waals surface area contributed by atoms with Gasteiger partial charge in [0.15, 0.2) is 0 Å².